The second kappa shape index (κ2) is 6.87. The number of nitrogens with one attached hydrogen (secondary N) is 2. The van der Waals surface area contributed by atoms with Gasteiger partial charge in [-0.05, 0) is 57.5 Å². The summed E-state index contributed by atoms with van der Waals surface area (Å²) in [6, 6.07) is 9.15. The Hall–Kier alpha value is -2.27. The minimum Gasteiger partial charge on any atom is -0.444 e. The first kappa shape index (κ1) is 17.1. The van der Waals surface area contributed by atoms with Crippen molar-refractivity contribution in [2.45, 2.75) is 33.3 Å². The number of nitrogens with zero attached hydrogens (tertiary/aromatic N) is 1. The van der Waals surface area contributed by atoms with Gasteiger partial charge in [0.15, 0.2) is 0 Å². The molecule has 23 heavy (non-hydrogen) atoms. The van der Waals surface area contributed by atoms with Crippen LogP contribution in [0.3, 0.4) is 0 Å². The van der Waals surface area contributed by atoms with Crippen LogP contribution in [0.2, 0.25) is 5.02 Å². The lowest BCUT2D eigenvalue weighted by Crippen LogP contribution is -2.27. The number of rotatable bonds is 3. The zero-order valence-corrected chi connectivity index (χ0v) is 14.4. The van der Waals surface area contributed by atoms with Gasteiger partial charge in [-0.3, -0.25) is 5.32 Å². The van der Waals surface area contributed by atoms with E-state index < -0.39 is 11.7 Å². The van der Waals surface area contributed by atoms with Crippen molar-refractivity contribution >= 4 is 34.9 Å². The molecule has 2 N–H and O–H groups in total. The van der Waals surface area contributed by atoms with E-state index >= 15 is 0 Å². The van der Waals surface area contributed by atoms with E-state index in [0.29, 0.717) is 10.8 Å². The number of ether oxygens (including phenoxy) is 1. The Bertz CT molecular complexity index is 694. The van der Waals surface area contributed by atoms with Crippen molar-refractivity contribution in [1.29, 1.82) is 0 Å². The van der Waals surface area contributed by atoms with E-state index in [1.807, 2.05) is 31.2 Å². The van der Waals surface area contributed by atoms with Crippen LogP contribution in [0.15, 0.2) is 36.5 Å². The molecule has 5 nitrogen and oxygen atoms in total. The molecule has 0 radical (unpaired) electrons. The molecule has 0 aliphatic carbocycles. The number of hydrogen-bond acceptors (Lipinski definition) is 4. The maximum absolute atomic E-state index is 11.7. The van der Waals surface area contributed by atoms with Crippen molar-refractivity contribution in [2.75, 3.05) is 10.6 Å². The molecule has 0 spiro atoms. The summed E-state index contributed by atoms with van der Waals surface area (Å²) in [4.78, 5) is 15.9. The molecular weight excluding hydrogens is 314 g/mol. The Morgan fingerprint density at radius 1 is 1.22 bits per heavy atom. The van der Waals surface area contributed by atoms with Gasteiger partial charge < -0.3 is 10.1 Å². The fraction of sp³-hybridized carbons (Fsp3) is 0.294. The first-order valence-electron chi connectivity index (χ1n) is 7.22. The van der Waals surface area contributed by atoms with E-state index in [4.69, 9.17) is 16.3 Å². The molecule has 1 aromatic heterocycles. The standard InChI is InChI=1S/C17H20ClN3O2/c1-11-5-6-12(18)9-14(11)20-13-7-8-15(19-10-13)21-16(22)23-17(2,3)4/h5-10,20H,1-4H3,(H,19,21,22). The van der Waals surface area contributed by atoms with Crippen LogP contribution in [0.25, 0.3) is 0 Å². The summed E-state index contributed by atoms with van der Waals surface area (Å²) in [7, 11) is 0. The topological polar surface area (TPSA) is 63.2 Å². The molecule has 6 heteroatoms. The quantitative estimate of drug-likeness (QED) is 0.816. The van der Waals surface area contributed by atoms with Crippen molar-refractivity contribution in [1.82, 2.24) is 4.98 Å². The first-order chi connectivity index (χ1) is 10.7. The zero-order chi connectivity index (χ0) is 17.0. The van der Waals surface area contributed by atoms with Gasteiger partial charge in [-0.1, -0.05) is 17.7 Å². The van der Waals surface area contributed by atoms with Crippen LogP contribution >= 0.6 is 11.6 Å². The van der Waals surface area contributed by atoms with Crippen LogP contribution in [-0.4, -0.2) is 16.7 Å². The van der Waals surface area contributed by atoms with Crippen LogP contribution in [0, 0.1) is 6.92 Å². The smallest absolute Gasteiger partial charge is 0.413 e. The summed E-state index contributed by atoms with van der Waals surface area (Å²) < 4.78 is 5.18. The highest BCUT2D eigenvalue weighted by Crippen LogP contribution is 2.24. The average Bonchev–Trinajstić information content (AvgIpc) is 2.43. The average molecular weight is 334 g/mol. The van der Waals surface area contributed by atoms with E-state index in [9.17, 15) is 4.79 Å². The van der Waals surface area contributed by atoms with Crippen LogP contribution in [0.1, 0.15) is 26.3 Å². The van der Waals surface area contributed by atoms with Gasteiger partial charge in [0.1, 0.15) is 11.4 Å². The van der Waals surface area contributed by atoms with Crippen LogP contribution in [0.5, 0.6) is 0 Å². The molecule has 0 aliphatic rings. The summed E-state index contributed by atoms with van der Waals surface area (Å²) in [6.07, 6.45) is 1.10. The van der Waals surface area contributed by atoms with Gasteiger partial charge in [0, 0.05) is 10.7 Å². The van der Waals surface area contributed by atoms with Crippen molar-refractivity contribution in [3.05, 3.63) is 47.1 Å². The number of aromatic nitrogens is 1. The summed E-state index contributed by atoms with van der Waals surface area (Å²) >= 11 is 6.00. The van der Waals surface area contributed by atoms with Gasteiger partial charge in [0.05, 0.1) is 11.9 Å². The molecule has 0 aliphatic heterocycles. The molecular formula is C17H20ClN3O2. The Morgan fingerprint density at radius 2 is 1.96 bits per heavy atom. The third-order valence-electron chi connectivity index (χ3n) is 2.87. The number of aryl methyl sites for hydroxylation is 1. The van der Waals surface area contributed by atoms with Crippen LogP contribution in [-0.2, 0) is 4.74 Å². The monoisotopic (exact) mass is 333 g/mol. The number of amides is 1. The fourth-order valence-corrected chi connectivity index (χ4v) is 2.01. The van der Waals surface area contributed by atoms with Crippen molar-refractivity contribution in [3.8, 4) is 0 Å². The third kappa shape index (κ3) is 5.45. The van der Waals surface area contributed by atoms with Gasteiger partial charge in [-0.25, -0.2) is 9.78 Å². The fourth-order valence-electron chi connectivity index (χ4n) is 1.83. The van der Waals surface area contributed by atoms with E-state index in [2.05, 4.69) is 15.6 Å². The number of carbonyl (C=O) groups excluding carboxylic acids is 1. The molecule has 0 saturated carbocycles. The van der Waals surface area contributed by atoms with Crippen LogP contribution in [0.4, 0.5) is 22.0 Å². The number of carbonyl (C=O) groups is 1. The van der Waals surface area contributed by atoms with Crippen molar-refractivity contribution < 1.29 is 9.53 Å². The Labute approximate surface area is 141 Å². The Balaban J connectivity index is 2.02. The Kier molecular flexibility index (Phi) is 5.11. The number of hydrogen-bond donors (Lipinski definition) is 2. The van der Waals surface area contributed by atoms with Gasteiger partial charge in [0.25, 0.3) is 0 Å². The lowest BCUT2D eigenvalue weighted by atomic mass is 10.2. The lowest BCUT2D eigenvalue weighted by Gasteiger charge is -2.19. The number of benzene rings is 1. The van der Waals surface area contributed by atoms with E-state index in [1.54, 1.807) is 33.0 Å². The lowest BCUT2D eigenvalue weighted by molar-refractivity contribution is 0.0635. The molecule has 0 saturated heterocycles. The van der Waals surface area contributed by atoms with Gasteiger partial charge in [-0.2, -0.15) is 0 Å². The number of anilines is 3. The van der Waals surface area contributed by atoms with Crippen LogP contribution < -0.4 is 10.6 Å². The number of pyridine rings is 1. The van der Waals surface area contributed by atoms with E-state index in [1.165, 1.54) is 0 Å². The highest BCUT2D eigenvalue weighted by atomic mass is 35.5. The summed E-state index contributed by atoms with van der Waals surface area (Å²) in [5.41, 5.74) is 2.23. The molecule has 0 unspecified atom stereocenters. The van der Waals surface area contributed by atoms with Crippen molar-refractivity contribution in [3.63, 3.8) is 0 Å². The summed E-state index contributed by atoms with van der Waals surface area (Å²) in [5, 5.41) is 6.49. The third-order valence-corrected chi connectivity index (χ3v) is 3.11. The normalized spacial score (nSPS) is 11.0. The summed E-state index contributed by atoms with van der Waals surface area (Å²) in [6.45, 7) is 7.41. The zero-order valence-electron chi connectivity index (χ0n) is 13.6. The molecule has 1 aromatic carbocycles. The maximum Gasteiger partial charge on any atom is 0.413 e. The highest BCUT2D eigenvalue weighted by Gasteiger charge is 2.16. The van der Waals surface area contributed by atoms with Gasteiger partial charge >= 0.3 is 6.09 Å². The predicted octanol–water partition coefficient (Wildman–Crippen LogP) is 5.13. The highest BCUT2D eigenvalue weighted by molar-refractivity contribution is 6.30. The van der Waals surface area contributed by atoms with Crippen molar-refractivity contribution in [2.24, 2.45) is 0 Å². The van der Waals surface area contributed by atoms with Gasteiger partial charge in [-0.15, -0.1) is 0 Å². The SMILES string of the molecule is Cc1ccc(Cl)cc1Nc1ccc(NC(=O)OC(C)(C)C)nc1. The summed E-state index contributed by atoms with van der Waals surface area (Å²) in [5.74, 6) is 0.424. The van der Waals surface area contributed by atoms with E-state index in [0.717, 1.165) is 16.9 Å². The maximum atomic E-state index is 11.7. The first-order valence-corrected chi connectivity index (χ1v) is 7.60. The van der Waals surface area contributed by atoms with Gasteiger partial charge in [0.2, 0.25) is 0 Å². The molecule has 2 aromatic rings. The minimum absolute atomic E-state index is 0.424. The molecule has 122 valence electrons. The second-order valence-corrected chi connectivity index (χ2v) is 6.58. The van der Waals surface area contributed by atoms with E-state index in [-0.39, 0.29) is 0 Å². The molecule has 1 heterocycles. The number of halogens is 1. The second-order valence-electron chi connectivity index (χ2n) is 6.14. The molecule has 0 fully saturated rings. The predicted molar refractivity (Wildman–Crippen MR) is 93.6 cm³/mol. The molecule has 2 rings (SSSR count). The largest absolute Gasteiger partial charge is 0.444 e. The molecule has 0 bridgehead atoms. The molecule has 1 amide bonds. The Morgan fingerprint density at radius 3 is 2.57 bits per heavy atom. The minimum atomic E-state index is -0.546. The molecule has 0 atom stereocenters.